The van der Waals surface area contributed by atoms with Gasteiger partial charge in [-0.1, -0.05) is 6.92 Å². The van der Waals surface area contributed by atoms with Crippen LogP contribution in [0.15, 0.2) is 6.07 Å². The first kappa shape index (κ1) is 21.3. The Labute approximate surface area is 173 Å². The van der Waals surface area contributed by atoms with Gasteiger partial charge in [-0.25, -0.2) is 9.18 Å². The van der Waals surface area contributed by atoms with E-state index in [-0.39, 0.29) is 53.0 Å². The molecule has 29 heavy (non-hydrogen) atoms. The van der Waals surface area contributed by atoms with Gasteiger partial charge in [0, 0.05) is 19.1 Å². The summed E-state index contributed by atoms with van der Waals surface area (Å²) in [6, 6.07) is -0.316. The number of anilines is 2. The normalized spacial score (nSPS) is 26.3. The van der Waals surface area contributed by atoms with E-state index in [4.69, 9.17) is 10.5 Å². The third-order valence-corrected chi connectivity index (χ3v) is 5.90. The third-order valence-electron chi connectivity index (χ3n) is 5.90. The van der Waals surface area contributed by atoms with E-state index in [1.807, 2.05) is 6.92 Å². The summed E-state index contributed by atoms with van der Waals surface area (Å²) >= 11 is 0. The largest absolute Gasteiger partial charge is 0.492 e. The molecule has 1 aromatic rings. The molecule has 10 heteroatoms. The molecule has 1 aliphatic carbocycles. The van der Waals surface area contributed by atoms with Crippen LogP contribution in [0.3, 0.4) is 0 Å². The highest BCUT2D eigenvalue weighted by molar-refractivity contribution is 6.49. The number of halogens is 2. The topological polar surface area (TPSA) is 113 Å². The van der Waals surface area contributed by atoms with E-state index in [0.29, 0.717) is 25.9 Å². The molecular weight excluding hydrogens is 405 g/mol. The second kappa shape index (κ2) is 7.46. The lowest BCUT2D eigenvalue weighted by Crippen LogP contribution is -2.53. The molecule has 0 radical (unpaired) electrons. The van der Waals surface area contributed by atoms with Gasteiger partial charge in [0.25, 0.3) is 0 Å². The molecule has 0 aromatic heterocycles. The molecule has 158 valence electrons. The highest BCUT2D eigenvalue weighted by Gasteiger charge is 2.51. The van der Waals surface area contributed by atoms with Crippen molar-refractivity contribution in [1.29, 1.82) is 0 Å². The van der Waals surface area contributed by atoms with Gasteiger partial charge < -0.3 is 20.5 Å². The lowest BCUT2D eigenvalue weighted by molar-refractivity contribution is -0.116. The molecule has 1 saturated heterocycles. The fraction of sp³-hybridized carbons (Fsp3) is 0.526. The zero-order valence-electron chi connectivity index (χ0n) is 16.1. The standard InChI is InChI=1S/C19H22FN3O5.ClH/c1-8-6-22(7-12(8)21)15-11(20)5-10-14(18(15)28-2)23(19(26)27)13(9-3-4-9)17(25)16(10)24;/h5,8-9,12-13H,3-4,6-7,21H2,1-2H3,(H,26,27);1H/t8-,12+,13?;/m1./s1. The number of carboxylic acid groups (broad SMARTS) is 1. The van der Waals surface area contributed by atoms with Gasteiger partial charge in [0.05, 0.1) is 12.7 Å². The Morgan fingerprint density at radius 2 is 1.93 bits per heavy atom. The van der Waals surface area contributed by atoms with Gasteiger partial charge >= 0.3 is 6.09 Å². The number of amides is 1. The number of nitrogens with two attached hydrogens (primary N) is 1. The van der Waals surface area contributed by atoms with E-state index in [2.05, 4.69) is 0 Å². The van der Waals surface area contributed by atoms with Crippen molar-refractivity contribution in [3.05, 3.63) is 17.4 Å². The van der Waals surface area contributed by atoms with Crippen LogP contribution < -0.4 is 20.3 Å². The number of benzene rings is 1. The summed E-state index contributed by atoms with van der Waals surface area (Å²) in [5.74, 6) is -2.58. The van der Waals surface area contributed by atoms with Crippen molar-refractivity contribution in [3.63, 3.8) is 0 Å². The number of Topliss-reactive ketones (excluding diaryl/α,β-unsaturated/α-hetero) is 2. The zero-order valence-corrected chi connectivity index (χ0v) is 16.9. The minimum atomic E-state index is -1.37. The minimum Gasteiger partial charge on any atom is -0.492 e. The fourth-order valence-electron chi connectivity index (χ4n) is 4.26. The highest BCUT2D eigenvalue weighted by atomic mass is 35.5. The van der Waals surface area contributed by atoms with Gasteiger partial charge in [-0.3, -0.25) is 14.5 Å². The Morgan fingerprint density at radius 1 is 1.28 bits per heavy atom. The van der Waals surface area contributed by atoms with Crippen molar-refractivity contribution in [2.75, 3.05) is 30.0 Å². The predicted octanol–water partition coefficient (Wildman–Crippen LogP) is 2.07. The molecule has 0 spiro atoms. The third kappa shape index (κ3) is 3.22. The van der Waals surface area contributed by atoms with Crippen molar-refractivity contribution in [1.82, 2.24) is 0 Å². The maximum Gasteiger partial charge on any atom is 0.412 e. The fourth-order valence-corrected chi connectivity index (χ4v) is 4.26. The van der Waals surface area contributed by atoms with Gasteiger partial charge in [-0.15, -0.1) is 12.4 Å². The number of methoxy groups -OCH3 is 1. The van der Waals surface area contributed by atoms with Crippen LogP contribution in [0.5, 0.6) is 5.75 Å². The molecule has 3 atom stereocenters. The van der Waals surface area contributed by atoms with Crippen molar-refractivity contribution in [2.24, 2.45) is 17.6 Å². The summed E-state index contributed by atoms with van der Waals surface area (Å²) in [5.41, 5.74) is 5.80. The van der Waals surface area contributed by atoms with Crippen molar-refractivity contribution >= 4 is 41.4 Å². The van der Waals surface area contributed by atoms with E-state index in [1.165, 1.54) is 7.11 Å². The number of nitrogens with zero attached hydrogens (tertiary/aromatic N) is 2. The Kier molecular flexibility index (Phi) is 5.48. The zero-order chi connectivity index (χ0) is 20.3. The number of fused-ring (bicyclic) bond motifs is 1. The van der Waals surface area contributed by atoms with Crippen LogP contribution in [-0.4, -0.2) is 55.0 Å². The maximum atomic E-state index is 15.0. The second-order valence-corrected chi connectivity index (χ2v) is 7.81. The molecule has 1 amide bonds. The summed E-state index contributed by atoms with van der Waals surface area (Å²) in [6.07, 6.45) is -0.0451. The molecule has 4 rings (SSSR count). The first-order valence-corrected chi connectivity index (χ1v) is 9.28. The summed E-state index contributed by atoms with van der Waals surface area (Å²) < 4.78 is 20.5. The highest BCUT2D eigenvalue weighted by Crippen LogP contribution is 2.49. The van der Waals surface area contributed by atoms with E-state index < -0.39 is 29.5 Å². The molecule has 0 bridgehead atoms. The molecule has 2 heterocycles. The second-order valence-electron chi connectivity index (χ2n) is 7.81. The van der Waals surface area contributed by atoms with Gasteiger partial charge in [0.15, 0.2) is 11.6 Å². The Morgan fingerprint density at radius 3 is 2.41 bits per heavy atom. The molecule has 3 aliphatic rings. The SMILES string of the molecule is COc1c(N2C[C@@H](C)[C@@H](N)C2)c(F)cc2c1N(C(=O)O)C(C1CC1)C(=O)C2=O.Cl. The number of hydrogen-bond acceptors (Lipinski definition) is 6. The van der Waals surface area contributed by atoms with Crippen LogP contribution in [0.4, 0.5) is 20.6 Å². The van der Waals surface area contributed by atoms with Crippen LogP contribution in [0.1, 0.15) is 30.1 Å². The first-order valence-electron chi connectivity index (χ1n) is 9.28. The van der Waals surface area contributed by atoms with Gasteiger partial charge in [0.1, 0.15) is 17.4 Å². The Balaban J connectivity index is 0.00000240. The number of carbonyl (C=O) groups is 3. The predicted molar refractivity (Wildman–Crippen MR) is 106 cm³/mol. The molecule has 8 nitrogen and oxygen atoms in total. The minimum absolute atomic E-state index is 0. The molecule has 1 unspecified atom stereocenters. The van der Waals surface area contributed by atoms with E-state index in [1.54, 1.807) is 4.90 Å². The molecular formula is C19H23ClFN3O5. The van der Waals surface area contributed by atoms with Crippen LogP contribution in [0.2, 0.25) is 0 Å². The average molecular weight is 428 g/mol. The molecule has 2 aliphatic heterocycles. The van der Waals surface area contributed by atoms with Crippen LogP contribution in [0, 0.1) is 17.7 Å². The van der Waals surface area contributed by atoms with E-state index in [0.717, 1.165) is 11.0 Å². The maximum absolute atomic E-state index is 15.0. The lowest BCUT2D eigenvalue weighted by atomic mass is 9.89. The summed E-state index contributed by atoms with van der Waals surface area (Å²) in [5, 5.41) is 9.85. The van der Waals surface area contributed by atoms with E-state index >= 15 is 4.39 Å². The monoisotopic (exact) mass is 427 g/mol. The summed E-state index contributed by atoms with van der Waals surface area (Å²) in [6.45, 7) is 2.79. The average Bonchev–Trinajstić information content (AvgIpc) is 3.42. The van der Waals surface area contributed by atoms with Gasteiger partial charge in [-0.05, 0) is 30.7 Å². The number of carbonyl (C=O) groups excluding carboxylic acids is 2. The van der Waals surface area contributed by atoms with Gasteiger partial charge in [0.2, 0.25) is 11.6 Å². The van der Waals surface area contributed by atoms with Crippen molar-refractivity contribution in [2.45, 2.75) is 31.8 Å². The Hall–Kier alpha value is -2.39. The Bertz CT molecular complexity index is 881. The van der Waals surface area contributed by atoms with Crippen molar-refractivity contribution < 1.29 is 28.6 Å². The lowest BCUT2D eigenvalue weighted by Gasteiger charge is -2.36. The smallest absolute Gasteiger partial charge is 0.412 e. The van der Waals surface area contributed by atoms with Crippen LogP contribution in [-0.2, 0) is 4.79 Å². The number of rotatable bonds is 3. The molecule has 1 aromatic carbocycles. The first-order chi connectivity index (χ1) is 13.3. The van der Waals surface area contributed by atoms with Crippen LogP contribution >= 0.6 is 12.4 Å². The van der Waals surface area contributed by atoms with Crippen molar-refractivity contribution in [3.8, 4) is 5.75 Å². The molecule has 2 fully saturated rings. The number of ether oxygens (including phenoxy) is 1. The number of hydrogen-bond donors (Lipinski definition) is 2. The quantitative estimate of drug-likeness (QED) is 0.710. The summed E-state index contributed by atoms with van der Waals surface area (Å²) in [4.78, 5) is 39.9. The molecule has 1 saturated carbocycles. The van der Waals surface area contributed by atoms with Gasteiger partial charge in [-0.2, -0.15) is 0 Å². The summed E-state index contributed by atoms with van der Waals surface area (Å²) in [7, 11) is 1.30. The molecule has 3 N–H and O–H groups in total. The van der Waals surface area contributed by atoms with E-state index in [9.17, 15) is 19.5 Å². The van der Waals surface area contributed by atoms with Crippen LogP contribution in [0.25, 0.3) is 0 Å². The number of ketones is 2.